The van der Waals surface area contributed by atoms with Crippen molar-refractivity contribution in [1.82, 2.24) is 9.88 Å². The Balaban J connectivity index is 2.88. The van der Waals surface area contributed by atoms with Gasteiger partial charge in [0.05, 0.1) is 18.3 Å². The van der Waals surface area contributed by atoms with E-state index in [0.29, 0.717) is 0 Å². The smallest absolute Gasteiger partial charge is 0.257 e. The first-order valence-electron chi connectivity index (χ1n) is 4.82. The number of rotatable bonds is 5. The number of pyridine rings is 1. The van der Waals surface area contributed by atoms with Crippen LogP contribution in [0.4, 0.5) is 8.78 Å². The highest BCUT2D eigenvalue weighted by molar-refractivity contribution is 6.18. The van der Waals surface area contributed by atoms with Crippen LogP contribution in [0.25, 0.3) is 0 Å². The van der Waals surface area contributed by atoms with Gasteiger partial charge in [0.25, 0.3) is 12.3 Å². The molecule has 0 aromatic carbocycles. The molecule has 0 radical (unpaired) electrons. The van der Waals surface area contributed by atoms with E-state index in [4.69, 9.17) is 11.6 Å². The van der Waals surface area contributed by atoms with Gasteiger partial charge in [0.2, 0.25) is 0 Å². The number of halogens is 3. The molecule has 1 N–H and O–H groups in total. The van der Waals surface area contributed by atoms with Crippen molar-refractivity contribution >= 4 is 17.5 Å². The van der Waals surface area contributed by atoms with E-state index in [1.807, 2.05) is 0 Å². The Morgan fingerprint density at radius 3 is 2.82 bits per heavy atom. The maximum absolute atomic E-state index is 12.3. The highest BCUT2D eigenvalue weighted by Gasteiger charge is 2.21. The average Bonchev–Trinajstić information content (AvgIpc) is 2.28. The zero-order valence-corrected chi connectivity index (χ0v) is 9.57. The van der Waals surface area contributed by atoms with Crippen molar-refractivity contribution in [3.05, 3.63) is 24.0 Å². The number of hydrogen-bond acceptors (Lipinski definition) is 3. The number of carbonyl (C=O) groups excluding carboxylic acids is 1. The Hall–Kier alpha value is -1.43. The lowest BCUT2D eigenvalue weighted by Crippen LogP contribution is -2.36. The van der Waals surface area contributed by atoms with Crippen molar-refractivity contribution in [2.24, 2.45) is 0 Å². The molecule has 1 heterocycles. The molecule has 0 atom stereocenters. The van der Waals surface area contributed by atoms with E-state index >= 15 is 0 Å². The average molecular weight is 265 g/mol. The molecule has 1 aromatic heterocycles. The van der Waals surface area contributed by atoms with Crippen molar-refractivity contribution in [2.75, 3.05) is 19.0 Å². The second-order valence-corrected chi connectivity index (χ2v) is 3.60. The first-order chi connectivity index (χ1) is 8.06. The predicted octanol–water partition coefficient (Wildman–Crippen LogP) is 1.73. The fraction of sp³-hybridized carbons (Fsp3) is 0.400. The molecule has 0 fully saturated rings. The topological polar surface area (TPSA) is 53.4 Å². The van der Waals surface area contributed by atoms with Crippen LogP contribution in [-0.2, 0) is 0 Å². The zero-order valence-electron chi connectivity index (χ0n) is 8.81. The number of aromatic nitrogens is 1. The predicted molar refractivity (Wildman–Crippen MR) is 58.5 cm³/mol. The number of amides is 1. The lowest BCUT2D eigenvalue weighted by atomic mass is 10.2. The van der Waals surface area contributed by atoms with E-state index in [1.165, 1.54) is 12.3 Å². The summed E-state index contributed by atoms with van der Waals surface area (Å²) in [6.07, 6.45) is -0.269. The number of alkyl halides is 3. The van der Waals surface area contributed by atoms with E-state index in [0.717, 1.165) is 11.1 Å². The van der Waals surface area contributed by atoms with Gasteiger partial charge in [-0.05, 0) is 6.07 Å². The van der Waals surface area contributed by atoms with Gasteiger partial charge in [0.1, 0.15) is 5.75 Å². The van der Waals surface area contributed by atoms with Crippen molar-refractivity contribution in [1.29, 1.82) is 0 Å². The summed E-state index contributed by atoms with van der Waals surface area (Å²) in [6.45, 7) is -0.722. The monoisotopic (exact) mass is 264 g/mol. The van der Waals surface area contributed by atoms with Gasteiger partial charge in [0, 0.05) is 18.6 Å². The molecule has 0 unspecified atom stereocenters. The Bertz CT molecular complexity index is 390. The molecule has 94 valence electrons. The third-order valence-corrected chi connectivity index (χ3v) is 2.20. The van der Waals surface area contributed by atoms with Crippen molar-refractivity contribution in [2.45, 2.75) is 6.43 Å². The lowest BCUT2D eigenvalue weighted by Gasteiger charge is -2.21. The van der Waals surface area contributed by atoms with Crippen LogP contribution in [0, 0.1) is 0 Å². The maximum atomic E-state index is 12.3. The van der Waals surface area contributed by atoms with Crippen LogP contribution < -0.4 is 0 Å². The highest BCUT2D eigenvalue weighted by atomic mass is 35.5. The quantitative estimate of drug-likeness (QED) is 0.824. The summed E-state index contributed by atoms with van der Waals surface area (Å²) in [5, 5.41) is 9.40. The van der Waals surface area contributed by atoms with Crippen LogP contribution >= 0.6 is 11.6 Å². The third-order valence-electron chi connectivity index (χ3n) is 2.03. The Morgan fingerprint density at radius 1 is 1.59 bits per heavy atom. The van der Waals surface area contributed by atoms with Crippen LogP contribution in [0.2, 0.25) is 0 Å². The van der Waals surface area contributed by atoms with Gasteiger partial charge in [-0.25, -0.2) is 8.78 Å². The molecule has 0 saturated carbocycles. The second-order valence-electron chi connectivity index (χ2n) is 3.22. The minimum absolute atomic E-state index is 0.00745. The molecule has 0 bridgehead atoms. The molecule has 1 rings (SSSR count). The molecule has 0 saturated heterocycles. The minimum Gasteiger partial charge on any atom is -0.505 e. The molecule has 0 aliphatic carbocycles. The van der Waals surface area contributed by atoms with Crippen LogP contribution in [-0.4, -0.2) is 46.3 Å². The van der Waals surface area contributed by atoms with Gasteiger partial charge in [-0.2, -0.15) is 0 Å². The van der Waals surface area contributed by atoms with Gasteiger partial charge in [0.15, 0.2) is 0 Å². The van der Waals surface area contributed by atoms with Gasteiger partial charge >= 0.3 is 0 Å². The normalized spacial score (nSPS) is 10.6. The molecular weight excluding hydrogens is 254 g/mol. The number of carbonyl (C=O) groups is 1. The zero-order chi connectivity index (χ0) is 12.8. The van der Waals surface area contributed by atoms with Gasteiger partial charge < -0.3 is 10.0 Å². The molecule has 17 heavy (non-hydrogen) atoms. The van der Waals surface area contributed by atoms with Crippen LogP contribution in [0.15, 0.2) is 18.5 Å². The summed E-state index contributed by atoms with van der Waals surface area (Å²) in [5.74, 6) is -0.984. The maximum Gasteiger partial charge on any atom is 0.257 e. The minimum atomic E-state index is -2.65. The third kappa shape index (κ3) is 3.81. The van der Waals surface area contributed by atoms with E-state index < -0.39 is 18.9 Å². The van der Waals surface area contributed by atoms with Crippen molar-refractivity contribution in [3.63, 3.8) is 0 Å². The van der Waals surface area contributed by atoms with E-state index in [1.54, 1.807) is 0 Å². The number of nitrogens with zero attached hydrogens (tertiary/aromatic N) is 2. The van der Waals surface area contributed by atoms with E-state index in [2.05, 4.69) is 4.98 Å². The fourth-order valence-electron chi connectivity index (χ4n) is 1.28. The molecule has 7 heteroatoms. The van der Waals surface area contributed by atoms with Gasteiger partial charge in [-0.1, -0.05) is 0 Å². The van der Waals surface area contributed by atoms with Crippen molar-refractivity contribution < 1.29 is 18.7 Å². The van der Waals surface area contributed by atoms with Gasteiger partial charge in [-0.15, -0.1) is 11.6 Å². The molecule has 4 nitrogen and oxygen atoms in total. The molecular formula is C10H11ClF2N2O2. The van der Waals surface area contributed by atoms with Gasteiger partial charge in [-0.3, -0.25) is 9.78 Å². The summed E-state index contributed by atoms with van der Waals surface area (Å²) in [4.78, 5) is 16.3. The first-order valence-corrected chi connectivity index (χ1v) is 5.36. The lowest BCUT2D eigenvalue weighted by molar-refractivity contribution is 0.0568. The van der Waals surface area contributed by atoms with E-state index in [-0.39, 0.29) is 23.7 Å². The number of aromatic hydroxyl groups is 1. The first kappa shape index (κ1) is 13.6. The SMILES string of the molecule is O=C(c1ccncc1O)N(CCCl)CC(F)F. The standard InChI is InChI=1S/C10H11ClF2N2O2/c11-2-4-15(6-9(12)13)10(17)7-1-3-14-5-8(7)16/h1,3,5,9,16H,2,4,6H2. The van der Waals surface area contributed by atoms with Crippen LogP contribution in [0.5, 0.6) is 5.75 Å². The molecule has 1 aromatic rings. The Morgan fingerprint density at radius 2 is 2.29 bits per heavy atom. The van der Waals surface area contributed by atoms with Crippen LogP contribution in [0.3, 0.4) is 0 Å². The molecule has 0 spiro atoms. The summed E-state index contributed by atoms with van der Waals surface area (Å²) < 4.78 is 24.5. The molecule has 0 aliphatic heterocycles. The highest BCUT2D eigenvalue weighted by Crippen LogP contribution is 2.17. The molecule has 0 aliphatic rings. The van der Waals surface area contributed by atoms with Crippen LogP contribution in [0.1, 0.15) is 10.4 Å². The second kappa shape index (κ2) is 6.34. The summed E-state index contributed by atoms with van der Waals surface area (Å²) in [6, 6.07) is 1.27. The number of hydrogen-bond donors (Lipinski definition) is 1. The van der Waals surface area contributed by atoms with Crippen molar-refractivity contribution in [3.8, 4) is 5.75 Å². The largest absolute Gasteiger partial charge is 0.505 e. The summed E-state index contributed by atoms with van der Waals surface area (Å²) >= 11 is 5.44. The van der Waals surface area contributed by atoms with E-state index in [9.17, 15) is 18.7 Å². The summed E-state index contributed by atoms with van der Waals surface area (Å²) in [7, 11) is 0. The fourth-order valence-corrected chi connectivity index (χ4v) is 1.49. The Labute approximate surface area is 102 Å². The molecule has 1 amide bonds. The summed E-state index contributed by atoms with van der Waals surface area (Å²) in [5.41, 5.74) is -0.0641. The Kier molecular flexibility index (Phi) is 5.09.